The first-order valence-corrected chi connectivity index (χ1v) is 5.94. The number of nitrogens with one attached hydrogen (secondary N) is 1. The summed E-state index contributed by atoms with van der Waals surface area (Å²) in [6.07, 6.45) is 1.21. The van der Waals surface area contributed by atoms with E-state index in [0.717, 1.165) is 5.56 Å². The molecule has 1 amide bonds. The zero-order chi connectivity index (χ0) is 14.4. The van der Waals surface area contributed by atoms with Crippen molar-refractivity contribution in [3.05, 3.63) is 47.1 Å². The second kappa shape index (κ2) is 6.50. The van der Waals surface area contributed by atoms with Gasteiger partial charge in [-0.15, -0.1) is 0 Å². The molecule has 0 atom stereocenters. The highest BCUT2D eigenvalue weighted by molar-refractivity contribution is 5.94. The smallest absolute Gasteiger partial charge is 0.251 e. The summed E-state index contributed by atoms with van der Waals surface area (Å²) < 4.78 is 4.58. The SMILES string of the molecule is Cc1cc(C#CCO)cc(C(=O)NCc2ncon2)c1. The molecule has 2 rings (SSSR count). The van der Waals surface area contributed by atoms with Crippen molar-refractivity contribution in [1.29, 1.82) is 0 Å². The second-order valence-electron chi connectivity index (χ2n) is 4.08. The number of hydrogen-bond donors (Lipinski definition) is 2. The van der Waals surface area contributed by atoms with Crippen molar-refractivity contribution in [2.24, 2.45) is 0 Å². The number of nitrogens with zero attached hydrogens (tertiary/aromatic N) is 2. The first kappa shape index (κ1) is 13.8. The van der Waals surface area contributed by atoms with Crippen LogP contribution < -0.4 is 5.32 Å². The minimum absolute atomic E-state index is 0.195. The maximum Gasteiger partial charge on any atom is 0.251 e. The molecular weight excluding hydrogens is 258 g/mol. The van der Waals surface area contributed by atoms with Gasteiger partial charge in [-0.25, -0.2) is 0 Å². The van der Waals surface area contributed by atoms with Crippen LogP contribution in [0.3, 0.4) is 0 Å². The lowest BCUT2D eigenvalue weighted by molar-refractivity contribution is 0.0949. The van der Waals surface area contributed by atoms with Crippen LogP contribution in [0, 0.1) is 18.8 Å². The van der Waals surface area contributed by atoms with Gasteiger partial charge in [0.1, 0.15) is 6.61 Å². The number of aliphatic hydroxyl groups is 1. The molecule has 0 unspecified atom stereocenters. The number of aliphatic hydroxyl groups excluding tert-OH is 1. The molecule has 0 spiro atoms. The molecule has 1 aromatic heterocycles. The van der Waals surface area contributed by atoms with Crippen molar-refractivity contribution in [3.63, 3.8) is 0 Å². The molecule has 0 saturated heterocycles. The highest BCUT2D eigenvalue weighted by atomic mass is 16.5. The van der Waals surface area contributed by atoms with Gasteiger partial charge in [-0.3, -0.25) is 4.79 Å². The molecule has 2 aromatic rings. The molecule has 6 heteroatoms. The maximum atomic E-state index is 12.0. The van der Waals surface area contributed by atoms with Crippen LogP contribution in [0.5, 0.6) is 0 Å². The number of aromatic nitrogens is 2. The summed E-state index contributed by atoms with van der Waals surface area (Å²) >= 11 is 0. The zero-order valence-electron chi connectivity index (χ0n) is 10.9. The molecule has 20 heavy (non-hydrogen) atoms. The molecule has 0 radical (unpaired) electrons. The van der Waals surface area contributed by atoms with Gasteiger partial charge in [0.15, 0.2) is 5.82 Å². The molecule has 1 aromatic carbocycles. The van der Waals surface area contributed by atoms with Gasteiger partial charge < -0.3 is 14.9 Å². The fraction of sp³-hybridized carbons (Fsp3) is 0.214. The van der Waals surface area contributed by atoms with Crippen molar-refractivity contribution in [2.45, 2.75) is 13.5 Å². The molecule has 2 N–H and O–H groups in total. The van der Waals surface area contributed by atoms with Crippen molar-refractivity contribution < 1.29 is 14.4 Å². The molecule has 102 valence electrons. The topological polar surface area (TPSA) is 88.2 Å². The van der Waals surface area contributed by atoms with E-state index in [1.807, 2.05) is 13.0 Å². The highest BCUT2D eigenvalue weighted by Gasteiger charge is 2.08. The molecule has 0 aliphatic heterocycles. The molecule has 0 aliphatic rings. The number of benzene rings is 1. The molecule has 0 saturated carbocycles. The summed E-state index contributed by atoms with van der Waals surface area (Å²) in [5.74, 6) is 5.50. The third kappa shape index (κ3) is 3.67. The minimum Gasteiger partial charge on any atom is -0.384 e. The fourth-order valence-electron chi connectivity index (χ4n) is 1.66. The van der Waals surface area contributed by atoms with Crippen LogP contribution in [0.15, 0.2) is 29.1 Å². The van der Waals surface area contributed by atoms with E-state index in [0.29, 0.717) is 17.0 Å². The minimum atomic E-state index is -0.245. The number of carbonyl (C=O) groups excluding carboxylic acids is 1. The summed E-state index contributed by atoms with van der Waals surface area (Å²) in [4.78, 5) is 15.8. The summed E-state index contributed by atoms with van der Waals surface area (Å²) in [5, 5.41) is 15.0. The Hall–Kier alpha value is -2.65. The number of amides is 1. The van der Waals surface area contributed by atoms with Gasteiger partial charge in [-0.1, -0.05) is 17.0 Å². The van der Waals surface area contributed by atoms with Gasteiger partial charge in [0.25, 0.3) is 5.91 Å². The average Bonchev–Trinajstić information content (AvgIpc) is 2.95. The van der Waals surface area contributed by atoms with Crippen molar-refractivity contribution in [1.82, 2.24) is 15.5 Å². The van der Waals surface area contributed by atoms with Gasteiger partial charge in [0.05, 0.1) is 6.54 Å². The molecule has 0 fully saturated rings. The van der Waals surface area contributed by atoms with E-state index in [-0.39, 0.29) is 19.1 Å². The Morgan fingerprint density at radius 2 is 2.30 bits per heavy atom. The summed E-state index contributed by atoms with van der Waals surface area (Å²) in [5.41, 5.74) is 2.10. The lowest BCUT2D eigenvalue weighted by Gasteiger charge is -2.05. The molecule has 0 bridgehead atoms. The molecular formula is C14H13N3O3. The monoisotopic (exact) mass is 271 g/mol. The highest BCUT2D eigenvalue weighted by Crippen LogP contribution is 2.09. The second-order valence-corrected chi connectivity index (χ2v) is 4.08. The quantitative estimate of drug-likeness (QED) is 0.800. The average molecular weight is 271 g/mol. The Labute approximate surface area is 115 Å². The van der Waals surface area contributed by atoms with E-state index in [9.17, 15) is 4.79 Å². The van der Waals surface area contributed by atoms with Crippen LogP contribution in [0.25, 0.3) is 0 Å². The summed E-state index contributed by atoms with van der Waals surface area (Å²) in [7, 11) is 0. The van der Waals surface area contributed by atoms with Crippen LogP contribution >= 0.6 is 0 Å². The number of aryl methyl sites for hydroxylation is 1. The van der Waals surface area contributed by atoms with Gasteiger partial charge in [0.2, 0.25) is 6.39 Å². The van der Waals surface area contributed by atoms with E-state index in [1.165, 1.54) is 6.39 Å². The zero-order valence-corrected chi connectivity index (χ0v) is 10.9. The standard InChI is InChI=1S/C14H13N3O3/c1-10-5-11(3-2-4-18)7-12(6-10)14(19)15-8-13-16-9-20-17-13/h5-7,9,18H,4,8H2,1H3,(H,15,19). The van der Waals surface area contributed by atoms with Gasteiger partial charge in [-0.05, 0) is 30.7 Å². The predicted molar refractivity (Wildman–Crippen MR) is 70.6 cm³/mol. The maximum absolute atomic E-state index is 12.0. The molecule has 1 heterocycles. The van der Waals surface area contributed by atoms with E-state index in [2.05, 4.69) is 31.8 Å². The lowest BCUT2D eigenvalue weighted by Crippen LogP contribution is -2.23. The van der Waals surface area contributed by atoms with Crippen LogP contribution in [-0.2, 0) is 6.54 Å². The predicted octanol–water partition coefficient (Wildman–Crippen LogP) is 0.652. The van der Waals surface area contributed by atoms with Crippen LogP contribution in [-0.4, -0.2) is 27.8 Å². The first-order valence-electron chi connectivity index (χ1n) is 5.94. The first-order chi connectivity index (χ1) is 9.69. The Morgan fingerprint density at radius 1 is 1.45 bits per heavy atom. The summed E-state index contributed by atoms with van der Waals surface area (Å²) in [6, 6.07) is 5.27. The Kier molecular flexibility index (Phi) is 4.47. The number of hydrogen-bond acceptors (Lipinski definition) is 5. The third-order valence-electron chi connectivity index (χ3n) is 2.47. The largest absolute Gasteiger partial charge is 0.384 e. The normalized spacial score (nSPS) is 9.70. The van der Waals surface area contributed by atoms with Gasteiger partial charge in [-0.2, -0.15) is 4.98 Å². The van der Waals surface area contributed by atoms with Crippen molar-refractivity contribution >= 4 is 5.91 Å². The van der Waals surface area contributed by atoms with E-state index in [1.54, 1.807) is 12.1 Å². The van der Waals surface area contributed by atoms with Gasteiger partial charge >= 0.3 is 0 Å². The summed E-state index contributed by atoms with van der Waals surface area (Å²) in [6.45, 7) is 1.86. The molecule has 0 aliphatic carbocycles. The van der Waals surface area contributed by atoms with Crippen LogP contribution in [0.2, 0.25) is 0 Å². The van der Waals surface area contributed by atoms with Crippen LogP contribution in [0.4, 0.5) is 0 Å². The Bertz CT molecular complexity index is 654. The molecule has 6 nitrogen and oxygen atoms in total. The third-order valence-corrected chi connectivity index (χ3v) is 2.47. The van der Waals surface area contributed by atoms with Gasteiger partial charge in [0, 0.05) is 11.1 Å². The van der Waals surface area contributed by atoms with E-state index >= 15 is 0 Å². The van der Waals surface area contributed by atoms with Crippen LogP contribution in [0.1, 0.15) is 27.3 Å². The Balaban J connectivity index is 2.10. The van der Waals surface area contributed by atoms with Crippen molar-refractivity contribution in [3.8, 4) is 11.8 Å². The number of carbonyl (C=O) groups is 1. The van der Waals surface area contributed by atoms with Crippen molar-refractivity contribution in [2.75, 3.05) is 6.61 Å². The van der Waals surface area contributed by atoms with E-state index < -0.39 is 0 Å². The Morgan fingerprint density at radius 3 is 3.00 bits per heavy atom. The van der Waals surface area contributed by atoms with E-state index in [4.69, 9.17) is 5.11 Å². The fourth-order valence-corrected chi connectivity index (χ4v) is 1.66. The lowest BCUT2D eigenvalue weighted by atomic mass is 10.1. The number of rotatable bonds is 3.